The lowest BCUT2D eigenvalue weighted by Crippen LogP contribution is -2.57. The van der Waals surface area contributed by atoms with Crippen LogP contribution >= 0.6 is 0 Å². The molecule has 1 saturated heterocycles. The van der Waals surface area contributed by atoms with E-state index in [-0.39, 0.29) is 0 Å². The molecule has 34 heavy (non-hydrogen) atoms. The minimum absolute atomic E-state index is 0.497. The Morgan fingerprint density at radius 1 is 1.18 bits per heavy atom. The summed E-state index contributed by atoms with van der Waals surface area (Å²) in [6.07, 6.45) is 3.53. The Bertz CT molecular complexity index is 1330. The van der Waals surface area contributed by atoms with E-state index < -0.39 is 0 Å². The van der Waals surface area contributed by atoms with Crippen molar-refractivity contribution in [3.63, 3.8) is 0 Å². The highest BCUT2D eigenvalue weighted by atomic mass is 16.5. The average molecular weight is 460 g/mol. The van der Waals surface area contributed by atoms with Gasteiger partial charge in [0.1, 0.15) is 17.6 Å². The number of aromatic nitrogens is 6. The van der Waals surface area contributed by atoms with Crippen LogP contribution in [0.15, 0.2) is 36.8 Å². The zero-order chi connectivity index (χ0) is 23.8. The second-order valence-electron chi connectivity index (χ2n) is 8.78. The molecule has 0 bridgehead atoms. The molecule has 176 valence electrons. The van der Waals surface area contributed by atoms with Gasteiger partial charge < -0.3 is 24.4 Å². The third-order valence-corrected chi connectivity index (χ3v) is 6.07. The Balaban J connectivity index is 1.47. The number of benzene rings is 1. The normalized spacial score (nSPS) is 14.0. The van der Waals surface area contributed by atoms with Gasteiger partial charge in [-0.1, -0.05) is 0 Å². The number of anilines is 3. The fourth-order valence-corrected chi connectivity index (χ4v) is 4.09. The number of ether oxygens (including phenoxy) is 1. The summed E-state index contributed by atoms with van der Waals surface area (Å²) in [4.78, 5) is 18.7. The van der Waals surface area contributed by atoms with Crippen LogP contribution in [0.2, 0.25) is 0 Å². The molecule has 4 aromatic rings. The van der Waals surface area contributed by atoms with Gasteiger partial charge in [0, 0.05) is 49.0 Å². The zero-order valence-corrected chi connectivity index (χ0v) is 20.1. The van der Waals surface area contributed by atoms with Crippen LogP contribution in [-0.4, -0.2) is 74.4 Å². The van der Waals surface area contributed by atoms with Crippen LogP contribution in [0, 0.1) is 6.92 Å². The van der Waals surface area contributed by atoms with Crippen molar-refractivity contribution in [2.75, 3.05) is 44.0 Å². The van der Waals surface area contributed by atoms with Crippen LogP contribution in [0.4, 0.5) is 17.5 Å². The van der Waals surface area contributed by atoms with Crippen molar-refractivity contribution >= 4 is 28.4 Å². The van der Waals surface area contributed by atoms with Crippen molar-refractivity contribution in [3.05, 3.63) is 42.5 Å². The van der Waals surface area contributed by atoms with E-state index in [0.29, 0.717) is 24.3 Å². The van der Waals surface area contributed by atoms with Gasteiger partial charge in [-0.2, -0.15) is 0 Å². The van der Waals surface area contributed by atoms with Crippen LogP contribution in [0.25, 0.3) is 22.3 Å². The smallest absolute Gasteiger partial charge is 0.227 e. The van der Waals surface area contributed by atoms with Gasteiger partial charge in [0.15, 0.2) is 11.6 Å². The Kier molecular flexibility index (Phi) is 5.74. The van der Waals surface area contributed by atoms with Gasteiger partial charge >= 0.3 is 0 Å². The molecule has 1 aliphatic heterocycles. The van der Waals surface area contributed by atoms with E-state index in [1.165, 1.54) is 0 Å². The third-order valence-electron chi connectivity index (χ3n) is 6.07. The number of fused-ring (bicyclic) bond motifs is 1. The van der Waals surface area contributed by atoms with Crippen molar-refractivity contribution in [1.29, 1.82) is 0 Å². The third kappa shape index (κ3) is 4.12. The first-order valence-corrected chi connectivity index (χ1v) is 11.4. The molecule has 1 N–H and O–H groups in total. The molecule has 10 heteroatoms. The standard InChI is InChI=1S/C24H29N9O/c1-6-34-20-10-16(22-30-26-14-32(22)5)7-8-19(20)28-24-25-11-17-9-15(2)27-23(21(17)29-24)33-12-18(13-33)31(3)4/h7-11,14,18H,6,12-13H2,1-5H3,(H,25,28,29). The SMILES string of the molecule is CCOc1cc(-c2nncn2C)ccc1Nc1ncc2cc(C)nc(N3CC(N(C)C)C3)c2n1. The lowest BCUT2D eigenvalue weighted by atomic mass is 10.1. The van der Waals surface area contributed by atoms with Crippen LogP contribution in [0.1, 0.15) is 12.6 Å². The summed E-state index contributed by atoms with van der Waals surface area (Å²) in [5.74, 6) is 2.87. The van der Waals surface area contributed by atoms with E-state index >= 15 is 0 Å². The molecule has 0 amide bonds. The minimum Gasteiger partial charge on any atom is -0.492 e. The molecule has 3 aromatic heterocycles. The Morgan fingerprint density at radius 2 is 2.00 bits per heavy atom. The predicted molar refractivity (Wildman–Crippen MR) is 133 cm³/mol. The maximum absolute atomic E-state index is 5.91. The number of rotatable bonds is 7. The molecule has 0 atom stereocenters. The summed E-state index contributed by atoms with van der Waals surface area (Å²) < 4.78 is 7.79. The van der Waals surface area contributed by atoms with Crippen molar-refractivity contribution in [3.8, 4) is 17.1 Å². The topological polar surface area (TPSA) is 97.1 Å². The van der Waals surface area contributed by atoms with E-state index in [1.807, 2.05) is 55.9 Å². The molecule has 0 spiro atoms. The molecule has 5 rings (SSSR count). The lowest BCUT2D eigenvalue weighted by Gasteiger charge is -2.43. The highest BCUT2D eigenvalue weighted by Gasteiger charge is 2.31. The van der Waals surface area contributed by atoms with E-state index in [9.17, 15) is 0 Å². The van der Waals surface area contributed by atoms with Crippen LogP contribution < -0.4 is 15.0 Å². The van der Waals surface area contributed by atoms with Crippen LogP contribution in [0.5, 0.6) is 5.75 Å². The number of nitrogens with zero attached hydrogens (tertiary/aromatic N) is 8. The summed E-state index contributed by atoms with van der Waals surface area (Å²) in [6.45, 7) is 6.36. The molecule has 0 aliphatic carbocycles. The number of likely N-dealkylation sites (N-methyl/N-ethyl adjacent to an activating group) is 1. The van der Waals surface area contributed by atoms with Gasteiger partial charge in [-0.15, -0.1) is 10.2 Å². The second-order valence-corrected chi connectivity index (χ2v) is 8.78. The van der Waals surface area contributed by atoms with Crippen molar-refractivity contribution in [2.45, 2.75) is 19.9 Å². The van der Waals surface area contributed by atoms with Gasteiger partial charge in [-0.3, -0.25) is 0 Å². The molecular formula is C24H29N9O. The minimum atomic E-state index is 0.497. The molecule has 1 fully saturated rings. The monoisotopic (exact) mass is 459 g/mol. The number of hydrogen-bond acceptors (Lipinski definition) is 9. The molecule has 0 radical (unpaired) electrons. The highest BCUT2D eigenvalue weighted by Crippen LogP contribution is 2.33. The first-order valence-electron chi connectivity index (χ1n) is 11.4. The number of pyridine rings is 1. The van der Waals surface area contributed by atoms with Crippen molar-refractivity contribution in [1.82, 2.24) is 34.6 Å². The Hall–Kier alpha value is -3.79. The average Bonchev–Trinajstić information content (AvgIpc) is 3.20. The maximum atomic E-state index is 5.91. The summed E-state index contributed by atoms with van der Waals surface area (Å²) in [6, 6.07) is 8.43. The second kappa shape index (κ2) is 8.86. The van der Waals surface area contributed by atoms with Crippen molar-refractivity contribution in [2.24, 2.45) is 7.05 Å². The number of aryl methyl sites for hydroxylation is 2. The zero-order valence-electron chi connectivity index (χ0n) is 20.1. The molecule has 1 aromatic carbocycles. The maximum Gasteiger partial charge on any atom is 0.227 e. The van der Waals surface area contributed by atoms with E-state index in [1.54, 1.807) is 6.33 Å². The predicted octanol–water partition coefficient (Wildman–Crippen LogP) is 3.02. The highest BCUT2D eigenvalue weighted by molar-refractivity contribution is 5.90. The molecule has 0 saturated carbocycles. The number of nitrogens with one attached hydrogen (secondary N) is 1. The van der Waals surface area contributed by atoms with Gasteiger partial charge in [0.2, 0.25) is 5.95 Å². The number of hydrogen-bond donors (Lipinski definition) is 1. The molecule has 0 unspecified atom stereocenters. The Morgan fingerprint density at radius 3 is 2.71 bits per heavy atom. The quantitative estimate of drug-likeness (QED) is 0.447. The van der Waals surface area contributed by atoms with Gasteiger partial charge in [0.05, 0.1) is 12.3 Å². The van der Waals surface area contributed by atoms with E-state index in [2.05, 4.69) is 44.4 Å². The van der Waals surface area contributed by atoms with E-state index in [4.69, 9.17) is 14.7 Å². The van der Waals surface area contributed by atoms with Gasteiger partial charge in [-0.05, 0) is 52.2 Å². The van der Waals surface area contributed by atoms with E-state index in [0.717, 1.165) is 52.6 Å². The molecule has 4 heterocycles. The fourth-order valence-electron chi connectivity index (χ4n) is 4.09. The summed E-state index contributed by atoms with van der Waals surface area (Å²) >= 11 is 0. The largest absolute Gasteiger partial charge is 0.492 e. The molecular weight excluding hydrogens is 430 g/mol. The first-order chi connectivity index (χ1) is 16.4. The Labute approximate surface area is 198 Å². The summed E-state index contributed by atoms with van der Waals surface area (Å²) in [5, 5.41) is 12.5. The summed E-state index contributed by atoms with van der Waals surface area (Å²) in [7, 11) is 6.14. The van der Waals surface area contributed by atoms with Gasteiger partial charge in [-0.25, -0.2) is 15.0 Å². The van der Waals surface area contributed by atoms with Crippen molar-refractivity contribution < 1.29 is 4.74 Å². The molecule has 1 aliphatic rings. The summed E-state index contributed by atoms with van der Waals surface area (Å²) in [5.41, 5.74) is 3.50. The van der Waals surface area contributed by atoms with Gasteiger partial charge in [0.25, 0.3) is 0 Å². The first kappa shape index (κ1) is 22.0. The van der Waals surface area contributed by atoms with Crippen LogP contribution in [0.3, 0.4) is 0 Å². The van der Waals surface area contributed by atoms with Crippen LogP contribution in [-0.2, 0) is 7.05 Å². The lowest BCUT2D eigenvalue weighted by molar-refractivity contribution is 0.246. The molecule has 10 nitrogen and oxygen atoms in total. The fraction of sp³-hybridized carbons (Fsp3) is 0.375.